The van der Waals surface area contributed by atoms with Crippen LogP contribution in [0, 0.1) is 0 Å². The van der Waals surface area contributed by atoms with Crippen LogP contribution in [0.4, 0.5) is 16.2 Å². The molecule has 0 aliphatic heterocycles. The lowest BCUT2D eigenvalue weighted by molar-refractivity contribution is -0.116. The highest BCUT2D eigenvalue weighted by Gasteiger charge is 2.03. The highest BCUT2D eigenvalue weighted by Crippen LogP contribution is 2.11. The Morgan fingerprint density at radius 1 is 0.897 bits per heavy atom. The van der Waals surface area contributed by atoms with Crippen LogP contribution in [0.1, 0.15) is 31.9 Å². The Labute approximate surface area is 170 Å². The Kier molecular flexibility index (Phi) is 7.97. The van der Waals surface area contributed by atoms with Crippen molar-refractivity contribution in [2.45, 2.75) is 33.4 Å². The summed E-state index contributed by atoms with van der Waals surface area (Å²) in [6, 6.07) is 14.2. The number of amides is 4. The molecule has 0 aliphatic carbocycles. The zero-order chi connectivity index (χ0) is 21.2. The molecule has 7 heteroatoms. The molecule has 0 heterocycles. The monoisotopic (exact) mass is 394 g/mol. The van der Waals surface area contributed by atoms with Gasteiger partial charge in [0.15, 0.2) is 0 Å². The Bertz CT molecular complexity index is 872. The number of rotatable bonds is 7. The number of anilines is 2. The fraction of sp³-hybridized carbons (Fsp3) is 0.227. The summed E-state index contributed by atoms with van der Waals surface area (Å²) in [5, 5.41) is 11.0. The van der Waals surface area contributed by atoms with Crippen LogP contribution >= 0.6 is 0 Å². The summed E-state index contributed by atoms with van der Waals surface area (Å²) in [5.41, 5.74) is 3.16. The lowest BCUT2D eigenvalue weighted by Crippen LogP contribution is -2.34. The fourth-order valence-electron chi connectivity index (χ4n) is 2.44. The van der Waals surface area contributed by atoms with E-state index in [-0.39, 0.29) is 23.9 Å². The molecule has 7 nitrogen and oxygen atoms in total. The van der Waals surface area contributed by atoms with Gasteiger partial charge in [-0.05, 0) is 55.3 Å². The molecule has 2 aromatic rings. The third-order valence-corrected chi connectivity index (χ3v) is 3.76. The second-order valence-corrected chi connectivity index (χ2v) is 6.80. The number of benzene rings is 2. The van der Waals surface area contributed by atoms with Crippen molar-refractivity contribution in [1.29, 1.82) is 0 Å². The summed E-state index contributed by atoms with van der Waals surface area (Å²) in [7, 11) is 0. The molecule has 0 radical (unpaired) electrons. The lowest BCUT2D eigenvalue weighted by Gasteiger charge is -2.10. The van der Waals surface area contributed by atoms with Crippen molar-refractivity contribution in [3.05, 3.63) is 65.7 Å². The lowest BCUT2D eigenvalue weighted by atomic mass is 10.2. The van der Waals surface area contributed by atoms with Crippen LogP contribution in [-0.2, 0) is 16.1 Å². The molecular weight excluding hydrogens is 368 g/mol. The Hall–Kier alpha value is -3.61. The summed E-state index contributed by atoms with van der Waals surface area (Å²) < 4.78 is 0. The highest BCUT2D eigenvalue weighted by atomic mass is 16.2. The molecule has 4 amide bonds. The van der Waals surface area contributed by atoms with Gasteiger partial charge in [-0.25, -0.2) is 4.79 Å². The summed E-state index contributed by atoms with van der Waals surface area (Å²) in [4.78, 5) is 34.7. The third kappa shape index (κ3) is 8.30. The molecule has 152 valence electrons. The van der Waals surface area contributed by atoms with Gasteiger partial charge in [0.05, 0.1) is 0 Å². The van der Waals surface area contributed by atoms with Crippen molar-refractivity contribution >= 4 is 35.3 Å². The first-order valence-corrected chi connectivity index (χ1v) is 9.32. The van der Waals surface area contributed by atoms with Gasteiger partial charge in [0.1, 0.15) is 0 Å². The van der Waals surface area contributed by atoms with Crippen molar-refractivity contribution in [2.24, 2.45) is 0 Å². The van der Waals surface area contributed by atoms with Crippen molar-refractivity contribution in [2.75, 3.05) is 10.6 Å². The van der Waals surface area contributed by atoms with E-state index in [4.69, 9.17) is 0 Å². The number of carbonyl (C=O) groups excluding carboxylic acids is 3. The summed E-state index contributed by atoms with van der Waals surface area (Å²) in [5.74, 6) is -0.343. The zero-order valence-electron chi connectivity index (χ0n) is 16.8. The number of carbonyl (C=O) groups is 3. The molecule has 0 bridgehead atoms. The summed E-state index contributed by atoms with van der Waals surface area (Å²) in [6.45, 7) is 5.61. The molecule has 0 aliphatic rings. The molecule has 29 heavy (non-hydrogen) atoms. The first kappa shape index (κ1) is 21.7. The van der Waals surface area contributed by atoms with Crippen molar-refractivity contribution < 1.29 is 14.4 Å². The fourth-order valence-corrected chi connectivity index (χ4v) is 2.44. The van der Waals surface area contributed by atoms with Crippen LogP contribution in [-0.4, -0.2) is 23.9 Å². The van der Waals surface area contributed by atoms with Crippen LogP contribution in [0.15, 0.2) is 54.6 Å². The van der Waals surface area contributed by atoms with Crippen LogP contribution in [0.25, 0.3) is 6.08 Å². The van der Waals surface area contributed by atoms with Crippen LogP contribution < -0.4 is 21.3 Å². The van der Waals surface area contributed by atoms with Crippen molar-refractivity contribution in [3.63, 3.8) is 0 Å². The Morgan fingerprint density at radius 2 is 1.48 bits per heavy atom. The standard InChI is InChI=1S/C22H26N4O3/c1-15(2)24-22(29)26-20-11-6-18(7-12-20)14-23-21(28)13-8-17-4-9-19(10-5-17)25-16(3)27/h4-13,15H,14H2,1-3H3,(H,23,28)(H,25,27)(H2,24,26,29). The van der Waals surface area contributed by atoms with Gasteiger partial charge >= 0.3 is 6.03 Å². The maximum atomic E-state index is 12.0. The number of nitrogens with one attached hydrogen (secondary N) is 4. The van der Waals surface area contributed by atoms with E-state index in [1.165, 1.54) is 13.0 Å². The number of hydrogen-bond acceptors (Lipinski definition) is 3. The van der Waals surface area contributed by atoms with Gasteiger partial charge in [-0.1, -0.05) is 24.3 Å². The smallest absolute Gasteiger partial charge is 0.319 e. The molecular formula is C22H26N4O3. The van der Waals surface area contributed by atoms with E-state index in [0.717, 1.165) is 11.1 Å². The minimum absolute atomic E-state index is 0.0627. The SMILES string of the molecule is CC(=O)Nc1ccc(C=CC(=O)NCc2ccc(NC(=O)NC(C)C)cc2)cc1. The first-order valence-electron chi connectivity index (χ1n) is 9.32. The molecule has 0 aromatic heterocycles. The van der Waals surface area contributed by atoms with Crippen molar-refractivity contribution in [1.82, 2.24) is 10.6 Å². The van der Waals surface area contributed by atoms with E-state index in [1.807, 2.05) is 38.1 Å². The Balaban J connectivity index is 1.80. The van der Waals surface area contributed by atoms with E-state index in [9.17, 15) is 14.4 Å². The maximum Gasteiger partial charge on any atom is 0.319 e. The largest absolute Gasteiger partial charge is 0.348 e. The minimum atomic E-state index is -0.253. The van der Waals surface area contributed by atoms with Crippen LogP contribution in [0.5, 0.6) is 0 Å². The predicted octanol–water partition coefficient (Wildman–Crippen LogP) is 3.50. The van der Waals surface area contributed by atoms with Gasteiger partial charge in [0, 0.05) is 37.0 Å². The zero-order valence-corrected chi connectivity index (χ0v) is 16.8. The van der Waals surface area contributed by atoms with E-state index in [0.29, 0.717) is 17.9 Å². The predicted molar refractivity (Wildman–Crippen MR) is 115 cm³/mol. The molecule has 0 saturated carbocycles. The van der Waals surface area contributed by atoms with Gasteiger partial charge < -0.3 is 21.3 Å². The van der Waals surface area contributed by atoms with Gasteiger partial charge in [-0.2, -0.15) is 0 Å². The molecule has 0 saturated heterocycles. The molecule has 0 spiro atoms. The van der Waals surface area contributed by atoms with Crippen LogP contribution in [0.2, 0.25) is 0 Å². The topological polar surface area (TPSA) is 99.3 Å². The third-order valence-electron chi connectivity index (χ3n) is 3.76. The number of hydrogen-bond donors (Lipinski definition) is 4. The molecule has 2 aromatic carbocycles. The van der Waals surface area contributed by atoms with Gasteiger partial charge in [0.2, 0.25) is 11.8 Å². The Morgan fingerprint density at radius 3 is 2.07 bits per heavy atom. The van der Waals surface area contributed by atoms with Gasteiger partial charge in [0.25, 0.3) is 0 Å². The van der Waals surface area contributed by atoms with E-state index in [1.54, 1.807) is 30.3 Å². The average molecular weight is 394 g/mol. The maximum absolute atomic E-state index is 12.0. The quantitative estimate of drug-likeness (QED) is 0.541. The highest BCUT2D eigenvalue weighted by molar-refractivity contribution is 5.92. The molecule has 0 fully saturated rings. The molecule has 4 N–H and O–H groups in total. The molecule has 0 atom stereocenters. The number of urea groups is 1. The minimum Gasteiger partial charge on any atom is -0.348 e. The van der Waals surface area contributed by atoms with E-state index >= 15 is 0 Å². The van der Waals surface area contributed by atoms with Gasteiger partial charge in [-0.15, -0.1) is 0 Å². The van der Waals surface area contributed by atoms with Gasteiger partial charge in [-0.3, -0.25) is 9.59 Å². The molecule has 0 unspecified atom stereocenters. The van der Waals surface area contributed by atoms with Crippen molar-refractivity contribution in [3.8, 4) is 0 Å². The summed E-state index contributed by atoms with van der Waals surface area (Å²) in [6.07, 6.45) is 3.16. The van der Waals surface area contributed by atoms with E-state index < -0.39 is 0 Å². The molecule has 2 rings (SSSR count). The second kappa shape index (κ2) is 10.7. The average Bonchev–Trinajstić information content (AvgIpc) is 2.66. The first-order chi connectivity index (χ1) is 13.8. The van der Waals surface area contributed by atoms with Crippen LogP contribution in [0.3, 0.4) is 0 Å². The van der Waals surface area contributed by atoms with E-state index in [2.05, 4.69) is 21.3 Å². The normalized spacial score (nSPS) is 10.6. The second-order valence-electron chi connectivity index (χ2n) is 6.80. The summed E-state index contributed by atoms with van der Waals surface area (Å²) >= 11 is 0.